The maximum Gasteiger partial charge on any atom is 0.274 e. The molecule has 1 spiro atoms. The molecule has 0 saturated carbocycles. The van der Waals surface area contributed by atoms with E-state index in [0.29, 0.717) is 17.1 Å². The molecule has 0 aromatic heterocycles. The van der Waals surface area contributed by atoms with Crippen molar-refractivity contribution in [2.24, 2.45) is 0 Å². The second kappa shape index (κ2) is 7.66. The molecule has 1 unspecified atom stereocenters. The highest BCUT2D eigenvalue weighted by Gasteiger charge is 2.59. The van der Waals surface area contributed by atoms with Crippen molar-refractivity contribution in [3.8, 4) is 11.5 Å². The van der Waals surface area contributed by atoms with Gasteiger partial charge in [-0.2, -0.15) is 0 Å². The largest absolute Gasteiger partial charge is 0.493 e. The second-order valence-corrected chi connectivity index (χ2v) is 8.98. The van der Waals surface area contributed by atoms with Gasteiger partial charge >= 0.3 is 0 Å². The van der Waals surface area contributed by atoms with Crippen LogP contribution in [0.2, 0.25) is 0 Å². The summed E-state index contributed by atoms with van der Waals surface area (Å²) < 4.78 is 12.4. The Balaban J connectivity index is 1.62. The molecule has 3 aromatic carbocycles. The SMILES string of the molecule is COc1cc([N+](=O)[O-])cc2c1OC1(C=C2)N(CCc2ccccc2)c2ccccc2C1(C)C. The summed E-state index contributed by atoms with van der Waals surface area (Å²) in [4.78, 5) is 13.3. The maximum atomic E-state index is 11.4. The van der Waals surface area contributed by atoms with Gasteiger partial charge < -0.3 is 14.4 Å². The van der Waals surface area contributed by atoms with Crippen LogP contribution in [-0.4, -0.2) is 24.3 Å². The lowest BCUT2D eigenvalue weighted by Crippen LogP contribution is -2.60. The van der Waals surface area contributed by atoms with Crippen LogP contribution in [0.1, 0.15) is 30.5 Å². The minimum atomic E-state index is -0.804. The summed E-state index contributed by atoms with van der Waals surface area (Å²) in [7, 11) is 1.51. The van der Waals surface area contributed by atoms with E-state index in [-0.39, 0.29) is 11.1 Å². The number of nitro groups is 1. The molecule has 0 aliphatic carbocycles. The van der Waals surface area contributed by atoms with E-state index in [0.717, 1.165) is 18.7 Å². The molecule has 33 heavy (non-hydrogen) atoms. The standard InChI is InChI=1S/C27H26N2O4/c1-26(2)22-11-7-8-12-23(22)28(16-14-19-9-5-4-6-10-19)27(26)15-13-20-17-21(29(30)31)18-24(32-3)25(20)33-27/h4-13,15,17-18H,14,16H2,1-3H3. The highest BCUT2D eigenvalue weighted by atomic mass is 16.6. The van der Waals surface area contributed by atoms with Gasteiger partial charge in [0, 0.05) is 23.9 Å². The first-order valence-electron chi connectivity index (χ1n) is 11.0. The predicted octanol–water partition coefficient (Wildman–Crippen LogP) is 5.75. The number of hydrogen-bond acceptors (Lipinski definition) is 5. The maximum absolute atomic E-state index is 11.4. The van der Waals surface area contributed by atoms with E-state index >= 15 is 0 Å². The van der Waals surface area contributed by atoms with Crippen molar-refractivity contribution < 1.29 is 14.4 Å². The van der Waals surface area contributed by atoms with Gasteiger partial charge in [0.15, 0.2) is 11.5 Å². The predicted molar refractivity (Wildman–Crippen MR) is 129 cm³/mol. The van der Waals surface area contributed by atoms with Gasteiger partial charge in [-0.1, -0.05) is 48.5 Å². The van der Waals surface area contributed by atoms with Crippen LogP contribution in [-0.2, 0) is 11.8 Å². The molecule has 6 heteroatoms. The zero-order valence-corrected chi connectivity index (χ0v) is 18.9. The zero-order chi connectivity index (χ0) is 23.2. The Morgan fingerprint density at radius 3 is 2.52 bits per heavy atom. The van der Waals surface area contributed by atoms with Crippen molar-refractivity contribution in [3.05, 3.63) is 99.6 Å². The molecule has 5 rings (SSSR count). The minimum absolute atomic E-state index is 0.0234. The number of hydrogen-bond donors (Lipinski definition) is 0. The second-order valence-electron chi connectivity index (χ2n) is 8.98. The molecular formula is C27H26N2O4. The number of rotatable bonds is 5. The van der Waals surface area contributed by atoms with Gasteiger partial charge in [-0.25, -0.2) is 0 Å². The smallest absolute Gasteiger partial charge is 0.274 e. The quantitative estimate of drug-likeness (QED) is 0.372. The zero-order valence-electron chi connectivity index (χ0n) is 18.9. The number of benzene rings is 3. The van der Waals surface area contributed by atoms with Gasteiger partial charge in [0.2, 0.25) is 5.72 Å². The minimum Gasteiger partial charge on any atom is -0.493 e. The molecule has 0 bridgehead atoms. The molecule has 2 aliphatic rings. The number of para-hydroxylation sites is 1. The van der Waals surface area contributed by atoms with Crippen molar-refractivity contribution in [2.75, 3.05) is 18.6 Å². The average molecular weight is 443 g/mol. The molecule has 0 N–H and O–H groups in total. The lowest BCUT2D eigenvalue weighted by molar-refractivity contribution is -0.385. The first kappa shape index (κ1) is 21.1. The van der Waals surface area contributed by atoms with Crippen LogP contribution in [0.15, 0.2) is 72.8 Å². The fourth-order valence-electron chi connectivity index (χ4n) is 5.09. The fourth-order valence-corrected chi connectivity index (χ4v) is 5.09. The van der Waals surface area contributed by atoms with Gasteiger partial charge in [0.25, 0.3) is 5.69 Å². The Hall–Kier alpha value is -3.80. The van der Waals surface area contributed by atoms with E-state index in [9.17, 15) is 10.1 Å². The summed E-state index contributed by atoms with van der Waals surface area (Å²) in [5.74, 6) is 0.883. The van der Waals surface area contributed by atoms with E-state index in [1.54, 1.807) is 0 Å². The van der Waals surface area contributed by atoms with Gasteiger partial charge in [0.05, 0.1) is 23.5 Å². The third kappa shape index (κ3) is 3.17. The van der Waals surface area contributed by atoms with Crippen molar-refractivity contribution >= 4 is 17.5 Å². The molecule has 0 fully saturated rings. The fraction of sp³-hybridized carbons (Fsp3) is 0.259. The lowest BCUT2D eigenvalue weighted by atomic mass is 9.76. The Morgan fingerprint density at radius 1 is 1.06 bits per heavy atom. The summed E-state index contributed by atoms with van der Waals surface area (Å²) in [6.45, 7) is 5.11. The molecule has 1 atom stereocenters. The van der Waals surface area contributed by atoms with Crippen molar-refractivity contribution in [2.45, 2.75) is 31.4 Å². The van der Waals surface area contributed by atoms with Crippen LogP contribution in [0, 0.1) is 10.1 Å². The Bertz CT molecular complexity index is 1250. The third-order valence-corrected chi connectivity index (χ3v) is 6.88. The lowest BCUT2D eigenvalue weighted by Gasteiger charge is -2.47. The van der Waals surface area contributed by atoms with E-state index in [1.807, 2.05) is 24.3 Å². The van der Waals surface area contributed by atoms with E-state index in [4.69, 9.17) is 9.47 Å². The number of anilines is 1. The monoisotopic (exact) mass is 442 g/mol. The Labute approximate surface area is 193 Å². The molecular weight excluding hydrogens is 416 g/mol. The van der Waals surface area contributed by atoms with E-state index in [2.05, 4.69) is 61.2 Å². The van der Waals surface area contributed by atoms with Crippen molar-refractivity contribution in [3.63, 3.8) is 0 Å². The highest BCUT2D eigenvalue weighted by Crippen LogP contribution is 2.56. The molecule has 2 aliphatic heterocycles. The number of nitro benzene ring substituents is 1. The molecule has 2 heterocycles. The van der Waals surface area contributed by atoms with Crippen LogP contribution in [0.5, 0.6) is 11.5 Å². The van der Waals surface area contributed by atoms with Gasteiger partial charge in [-0.15, -0.1) is 0 Å². The normalized spacial score (nSPS) is 19.7. The van der Waals surface area contributed by atoms with Gasteiger partial charge in [0.1, 0.15) is 0 Å². The van der Waals surface area contributed by atoms with E-state index in [1.165, 1.54) is 30.4 Å². The molecule has 168 valence electrons. The van der Waals surface area contributed by atoms with Gasteiger partial charge in [-0.3, -0.25) is 10.1 Å². The summed E-state index contributed by atoms with van der Waals surface area (Å²) in [5, 5.41) is 11.4. The van der Waals surface area contributed by atoms with Crippen LogP contribution < -0.4 is 14.4 Å². The van der Waals surface area contributed by atoms with Gasteiger partial charge in [-0.05, 0) is 49.6 Å². The first-order chi connectivity index (χ1) is 15.9. The Morgan fingerprint density at radius 2 is 1.79 bits per heavy atom. The number of nitrogens with zero attached hydrogens (tertiary/aromatic N) is 2. The van der Waals surface area contributed by atoms with Crippen LogP contribution in [0.25, 0.3) is 6.08 Å². The summed E-state index contributed by atoms with van der Waals surface area (Å²) >= 11 is 0. The number of methoxy groups -OCH3 is 1. The summed E-state index contributed by atoms with van der Waals surface area (Å²) in [6.07, 6.45) is 4.83. The summed E-state index contributed by atoms with van der Waals surface area (Å²) in [6, 6.07) is 21.7. The molecule has 0 saturated heterocycles. The first-order valence-corrected chi connectivity index (χ1v) is 11.0. The topological polar surface area (TPSA) is 64.8 Å². The summed E-state index contributed by atoms with van der Waals surface area (Å²) in [5.41, 5.74) is 3.01. The highest BCUT2D eigenvalue weighted by molar-refractivity contribution is 5.75. The molecule has 0 radical (unpaired) electrons. The van der Waals surface area contributed by atoms with Crippen molar-refractivity contribution in [1.29, 1.82) is 0 Å². The van der Waals surface area contributed by atoms with Crippen molar-refractivity contribution in [1.82, 2.24) is 0 Å². The average Bonchev–Trinajstić information content (AvgIpc) is 3.00. The van der Waals surface area contributed by atoms with Crippen LogP contribution >= 0.6 is 0 Å². The number of ether oxygens (including phenoxy) is 2. The van der Waals surface area contributed by atoms with Crippen LogP contribution in [0.3, 0.4) is 0 Å². The Kier molecular flexibility index (Phi) is 4.89. The molecule has 0 amide bonds. The number of non-ortho nitro benzene ring substituents is 1. The third-order valence-electron chi connectivity index (χ3n) is 6.88. The molecule has 3 aromatic rings. The van der Waals surface area contributed by atoms with E-state index < -0.39 is 10.6 Å². The number of fused-ring (bicyclic) bond motifs is 2. The van der Waals surface area contributed by atoms with Crippen LogP contribution in [0.4, 0.5) is 11.4 Å². The molecule has 6 nitrogen and oxygen atoms in total.